The fourth-order valence-corrected chi connectivity index (χ4v) is 9.01. The summed E-state index contributed by atoms with van der Waals surface area (Å²) in [6.07, 6.45) is 0. The van der Waals surface area contributed by atoms with Crippen LogP contribution in [0.15, 0.2) is 182 Å². The Morgan fingerprint density at radius 2 is 0.632 bits per heavy atom. The van der Waals surface area contributed by atoms with Gasteiger partial charge in [0, 0.05) is 77.7 Å². The van der Waals surface area contributed by atoms with Gasteiger partial charge < -0.3 is 14.4 Å². The molecule has 0 spiro atoms. The van der Waals surface area contributed by atoms with E-state index in [0.717, 1.165) is 22.3 Å². The van der Waals surface area contributed by atoms with Gasteiger partial charge >= 0.3 is 0 Å². The minimum absolute atomic E-state index is 0.643. The van der Waals surface area contributed by atoms with Crippen molar-refractivity contribution in [2.75, 3.05) is 0 Å². The molecule has 2 heterocycles. The lowest BCUT2D eigenvalue weighted by molar-refractivity contribution is -0.328. The lowest BCUT2D eigenvalue weighted by Gasteiger charge is -2.15. The van der Waals surface area contributed by atoms with E-state index in [1.54, 1.807) is 34.8 Å². The van der Waals surface area contributed by atoms with Crippen LogP contribution in [-0.4, -0.2) is 0 Å². The first-order chi connectivity index (χ1) is 27.4. The third-order valence-electron chi connectivity index (χ3n) is 8.30. The molecular formula is C46H30Cl4FO3PS2. The van der Waals surface area contributed by atoms with Crippen molar-refractivity contribution in [2.24, 2.45) is 0 Å². The van der Waals surface area contributed by atoms with Gasteiger partial charge in [-0.2, -0.15) is 0 Å². The zero-order valence-corrected chi connectivity index (χ0v) is 35.2. The second-order valence-electron chi connectivity index (χ2n) is 12.3. The molecule has 0 aliphatic rings. The fourth-order valence-electron chi connectivity index (χ4n) is 5.74. The first kappa shape index (κ1) is 42.3. The molecule has 0 bridgehead atoms. The summed E-state index contributed by atoms with van der Waals surface area (Å²) in [7, 11) is -5.64. The predicted octanol–water partition coefficient (Wildman–Crippen LogP) is 15.5. The van der Waals surface area contributed by atoms with E-state index >= 15 is 0 Å². The molecule has 0 N–H and O–H groups in total. The monoisotopic (exact) mass is 884 g/mol. The summed E-state index contributed by atoms with van der Waals surface area (Å²) in [6.45, 7) is 0. The van der Waals surface area contributed by atoms with E-state index in [1.807, 2.05) is 48.5 Å². The smallest absolute Gasteiger partial charge is 0.239 e. The molecule has 0 fully saturated rings. The van der Waals surface area contributed by atoms with Crippen LogP contribution in [-0.2, 0) is 4.57 Å². The Bertz CT molecular complexity index is 2340. The molecular weight excluding hydrogens is 856 g/mol. The molecule has 2 aromatic heterocycles. The molecule has 57 heavy (non-hydrogen) atoms. The Hall–Kier alpha value is -4.30. The van der Waals surface area contributed by atoms with Crippen LogP contribution in [0.5, 0.6) is 0 Å². The van der Waals surface area contributed by atoms with E-state index in [0.29, 0.717) is 20.1 Å². The van der Waals surface area contributed by atoms with E-state index in [4.69, 9.17) is 60.8 Å². The number of halogens is 5. The largest absolute Gasteiger partial charge is 0.786 e. The predicted molar refractivity (Wildman–Crippen MR) is 239 cm³/mol. The van der Waals surface area contributed by atoms with Crippen LogP contribution < -0.4 is 9.79 Å². The van der Waals surface area contributed by atoms with Crippen molar-refractivity contribution in [3.8, 4) is 64.0 Å². The minimum atomic E-state index is -5.64. The maximum absolute atomic E-state index is 10.1. The molecule has 0 saturated heterocycles. The van der Waals surface area contributed by atoms with Crippen LogP contribution >= 0.6 is 77.0 Å². The zero-order chi connectivity index (χ0) is 40.4. The minimum Gasteiger partial charge on any atom is -0.786 e. The van der Waals surface area contributed by atoms with Gasteiger partial charge in [0.15, 0.2) is 0 Å². The zero-order valence-electron chi connectivity index (χ0n) is 29.7. The average Bonchev–Trinajstić information content (AvgIpc) is 3.21. The Labute approximate surface area is 359 Å². The van der Waals surface area contributed by atoms with Gasteiger partial charge in [-0.05, 0) is 83.9 Å². The molecule has 11 heteroatoms. The summed E-state index contributed by atoms with van der Waals surface area (Å²) in [5.74, 6) is 0. The maximum atomic E-state index is 10.1. The van der Waals surface area contributed by atoms with Crippen LogP contribution in [0.2, 0.25) is 20.1 Å². The molecule has 6 aromatic carbocycles. The molecule has 0 amide bonds. The summed E-state index contributed by atoms with van der Waals surface area (Å²) in [6, 6.07) is 61.8. The van der Waals surface area contributed by atoms with Gasteiger partial charge in [0.25, 0.3) is 0 Å². The highest BCUT2D eigenvalue weighted by Crippen LogP contribution is 2.41. The van der Waals surface area contributed by atoms with Crippen molar-refractivity contribution in [1.29, 1.82) is 0 Å². The molecule has 0 atom stereocenters. The van der Waals surface area contributed by atoms with Gasteiger partial charge in [0.2, 0.25) is 42.2 Å². The molecule has 0 radical (unpaired) electrons. The first-order valence-corrected chi connectivity index (χ1v) is 21.8. The maximum Gasteiger partial charge on any atom is 0.239 e. The first-order valence-electron chi connectivity index (χ1n) is 17.2. The molecule has 8 rings (SSSR count). The Kier molecular flexibility index (Phi) is 14.8. The Morgan fingerprint density at radius 3 is 0.860 bits per heavy atom. The standard InChI is InChI=1S/2C23H15Cl2S.FH2O3P/c2*24-19-11-12-20(21(25)15-19)18-13-22(16-7-3-1-4-8-16)26-23(14-18)17-9-5-2-6-10-17;1-5(2,3)4/h2*1-15H;(H2,2,3,4)/q2*+1;/p-2. The molecule has 0 saturated carbocycles. The topological polar surface area (TPSA) is 63.2 Å². The van der Waals surface area contributed by atoms with Crippen LogP contribution in [0.1, 0.15) is 0 Å². The number of hydrogen-bond donors (Lipinski definition) is 0. The van der Waals surface area contributed by atoms with Crippen molar-refractivity contribution in [1.82, 2.24) is 0 Å². The highest BCUT2D eigenvalue weighted by atomic mass is 35.5. The number of hydrogen-bond acceptors (Lipinski definition) is 3. The molecule has 3 nitrogen and oxygen atoms in total. The molecule has 0 aliphatic heterocycles. The van der Waals surface area contributed by atoms with E-state index in [9.17, 15) is 4.20 Å². The third kappa shape index (κ3) is 12.3. The molecule has 0 aliphatic carbocycles. The van der Waals surface area contributed by atoms with Gasteiger partial charge in [0.05, 0.1) is 0 Å². The molecule has 8 aromatic rings. The average molecular weight is 887 g/mol. The lowest BCUT2D eigenvalue weighted by Crippen LogP contribution is -2.07. The van der Waals surface area contributed by atoms with Crippen molar-refractivity contribution in [3.05, 3.63) is 202 Å². The lowest BCUT2D eigenvalue weighted by atomic mass is 10.0. The summed E-state index contributed by atoms with van der Waals surface area (Å²) >= 11 is 28.7. The number of rotatable bonds is 6. The van der Waals surface area contributed by atoms with Crippen molar-refractivity contribution in [3.63, 3.8) is 0 Å². The van der Waals surface area contributed by atoms with Crippen LogP contribution in [0.3, 0.4) is 0 Å². The van der Waals surface area contributed by atoms with E-state index in [2.05, 4.69) is 121 Å². The SMILES string of the molecule is Clc1ccc(-c2cc(-c3ccccc3)[s+]c(-c3ccccc3)c2)c(Cl)c1.Clc1ccc(-c2cc(-c3ccccc3)[s+]c(-c3ccccc3)c2)c(Cl)c1.O=P([O-])([O-])F. The van der Waals surface area contributed by atoms with Crippen molar-refractivity contribution in [2.45, 2.75) is 0 Å². The number of benzene rings is 6. The van der Waals surface area contributed by atoms with Crippen molar-refractivity contribution < 1.29 is 18.5 Å². The quantitative estimate of drug-likeness (QED) is 0.123. The van der Waals surface area contributed by atoms with E-state index in [1.165, 1.54) is 41.8 Å². The van der Waals surface area contributed by atoms with Gasteiger partial charge in [-0.1, -0.05) is 131 Å². The van der Waals surface area contributed by atoms with Gasteiger partial charge in [-0.3, -0.25) is 0 Å². The van der Waals surface area contributed by atoms with Crippen molar-refractivity contribution >= 4 is 77.0 Å². The third-order valence-corrected chi connectivity index (χ3v) is 11.7. The second-order valence-corrected chi connectivity index (χ2v) is 17.0. The summed E-state index contributed by atoms with van der Waals surface area (Å²) in [4.78, 5) is 21.7. The van der Waals surface area contributed by atoms with Gasteiger partial charge in [-0.25, -0.2) is 4.20 Å². The van der Waals surface area contributed by atoms with E-state index < -0.39 is 7.91 Å². The highest BCUT2D eigenvalue weighted by Gasteiger charge is 2.21. The van der Waals surface area contributed by atoms with E-state index in [-0.39, 0.29) is 0 Å². The van der Waals surface area contributed by atoms with Crippen LogP contribution in [0.25, 0.3) is 64.0 Å². The Balaban J connectivity index is 0.000000173. The van der Waals surface area contributed by atoms with Gasteiger partial charge in [0.1, 0.15) is 7.91 Å². The van der Waals surface area contributed by atoms with Crippen LogP contribution in [0, 0.1) is 0 Å². The summed E-state index contributed by atoms with van der Waals surface area (Å²) in [5.41, 5.74) is 8.93. The highest BCUT2D eigenvalue weighted by molar-refractivity contribution is 7.42. The normalized spacial score (nSPS) is 10.8. The van der Waals surface area contributed by atoms with Gasteiger partial charge in [-0.15, -0.1) is 0 Å². The summed E-state index contributed by atoms with van der Waals surface area (Å²) in [5, 5.41) is 2.60. The van der Waals surface area contributed by atoms with Crippen LogP contribution in [0.4, 0.5) is 4.20 Å². The Morgan fingerprint density at radius 1 is 0.386 bits per heavy atom. The second kappa shape index (κ2) is 19.9. The summed E-state index contributed by atoms with van der Waals surface area (Å²) < 4.78 is 18.6. The fraction of sp³-hybridized carbons (Fsp3) is 0. The molecule has 0 unspecified atom stereocenters. The molecule has 284 valence electrons.